The summed E-state index contributed by atoms with van der Waals surface area (Å²) in [6.45, 7) is 2.63. The molecule has 3 aliphatic rings. The number of allylic oxidation sites excluding steroid dienone is 2. The summed E-state index contributed by atoms with van der Waals surface area (Å²) in [7, 11) is 0. The fourth-order valence-corrected chi connectivity index (χ4v) is 5.14. The number of thioether (sulfide) groups is 1. The first-order valence-electron chi connectivity index (χ1n) is 11.4. The molecule has 1 atom stereocenters. The van der Waals surface area contributed by atoms with E-state index in [1.165, 1.54) is 13.0 Å². The number of likely N-dealkylation sites (tertiary alicyclic amines) is 1. The highest BCUT2D eigenvalue weighted by Gasteiger charge is 2.34. The number of piperidine rings is 1. The van der Waals surface area contributed by atoms with Gasteiger partial charge in [-0.3, -0.25) is 9.59 Å². The van der Waals surface area contributed by atoms with Crippen LogP contribution in [-0.2, 0) is 4.79 Å². The summed E-state index contributed by atoms with van der Waals surface area (Å²) in [5, 5.41) is 15.7. The number of aromatic nitrogens is 2. The summed E-state index contributed by atoms with van der Waals surface area (Å²) in [5.41, 5.74) is 3.66. The van der Waals surface area contributed by atoms with Crippen LogP contribution < -0.4 is 21.4 Å². The minimum atomic E-state index is -0.998. The normalized spacial score (nSPS) is 18.7. The van der Waals surface area contributed by atoms with Crippen LogP contribution in [0.1, 0.15) is 25.3 Å². The molecule has 0 aromatic carbocycles. The number of rotatable bonds is 4. The van der Waals surface area contributed by atoms with E-state index < -0.39 is 6.10 Å². The van der Waals surface area contributed by atoms with Crippen molar-refractivity contribution in [1.82, 2.24) is 25.1 Å². The van der Waals surface area contributed by atoms with Gasteiger partial charge < -0.3 is 25.2 Å². The lowest BCUT2D eigenvalue weighted by Crippen LogP contribution is -2.52. The van der Waals surface area contributed by atoms with Gasteiger partial charge in [0.25, 0.3) is 5.91 Å². The molecule has 2 aromatic heterocycles. The molecule has 5 rings (SSSR count). The largest absolute Gasteiger partial charge is 0.384 e. The number of H-pyrrole nitrogens is 1. The molecule has 0 spiro atoms. The van der Waals surface area contributed by atoms with Crippen molar-refractivity contribution in [2.75, 3.05) is 19.3 Å². The average molecular weight is 478 g/mol. The van der Waals surface area contributed by atoms with Crippen molar-refractivity contribution in [2.45, 2.75) is 36.9 Å². The molecular weight excluding hydrogens is 450 g/mol. The molecule has 0 unspecified atom stereocenters. The highest BCUT2D eigenvalue weighted by Crippen LogP contribution is 2.36. The van der Waals surface area contributed by atoms with Gasteiger partial charge in [0.05, 0.1) is 27.5 Å². The van der Waals surface area contributed by atoms with Crippen molar-refractivity contribution >= 4 is 35.3 Å². The van der Waals surface area contributed by atoms with Crippen molar-refractivity contribution in [3.8, 4) is 0 Å². The van der Waals surface area contributed by atoms with E-state index in [4.69, 9.17) is 0 Å². The third-order valence-corrected chi connectivity index (χ3v) is 7.13. The molecule has 34 heavy (non-hydrogen) atoms. The Labute approximate surface area is 201 Å². The summed E-state index contributed by atoms with van der Waals surface area (Å²) >= 11 is 1.60. The lowest BCUT2D eigenvalue weighted by Gasteiger charge is -2.44. The van der Waals surface area contributed by atoms with Crippen LogP contribution in [0.3, 0.4) is 0 Å². The Morgan fingerprint density at radius 2 is 2.00 bits per heavy atom. The quantitative estimate of drug-likeness (QED) is 0.553. The number of nitrogens with one attached hydrogen (secondary N) is 2. The zero-order valence-electron chi connectivity index (χ0n) is 19.1. The van der Waals surface area contributed by atoms with Gasteiger partial charge in [0.1, 0.15) is 6.10 Å². The van der Waals surface area contributed by atoms with Crippen molar-refractivity contribution in [1.29, 1.82) is 0 Å². The Morgan fingerprint density at radius 3 is 2.68 bits per heavy atom. The number of aliphatic hydroxyl groups is 1. The zero-order chi connectivity index (χ0) is 23.8. The van der Waals surface area contributed by atoms with Crippen molar-refractivity contribution < 1.29 is 9.90 Å². The van der Waals surface area contributed by atoms with Crippen molar-refractivity contribution in [3.05, 3.63) is 74.8 Å². The van der Waals surface area contributed by atoms with Gasteiger partial charge in [0.15, 0.2) is 0 Å². The van der Waals surface area contributed by atoms with Gasteiger partial charge in [-0.25, -0.2) is 4.98 Å². The monoisotopic (exact) mass is 477 g/mol. The van der Waals surface area contributed by atoms with Gasteiger partial charge in [0.2, 0.25) is 5.56 Å². The topological polar surface area (TPSA) is 102 Å². The maximum Gasteiger partial charge on any atom is 0.251 e. The molecule has 8 nitrogen and oxygen atoms in total. The van der Waals surface area contributed by atoms with E-state index in [1.807, 2.05) is 36.9 Å². The SMILES string of the molecule is CSc1ccc(C2=CC=C3NC=c4ccc(=O)[nH]c4=C3N2C2CCN(C(=O)[C@@H](C)O)CC2)cn1. The molecule has 1 amide bonds. The molecule has 0 radical (unpaired) electrons. The Morgan fingerprint density at radius 1 is 1.21 bits per heavy atom. The highest BCUT2D eigenvalue weighted by atomic mass is 32.2. The second-order valence-corrected chi connectivity index (χ2v) is 9.44. The number of carbonyl (C=O) groups excluding carboxylic acids is 1. The molecule has 5 heterocycles. The number of hydrogen-bond donors (Lipinski definition) is 3. The van der Waals surface area contributed by atoms with Gasteiger partial charge in [-0.15, -0.1) is 11.8 Å². The summed E-state index contributed by atoms with van der Waals surface area (Å²) in [6, 6.07) is 7.52. The van der Waals surface area contributed by atoms with E-state index in [-0.39, 0.29) is 17.5 Å². The molecular formula is C25H27N5O3S. The predicted molar refractivity (Wildman–Crippen MR) is 133 cm³/mol. The van der Waals surface area contributed by atoms with E-state index in [1.54, 1.807) is 16.7 Å². The lowest BCUT2D eigenvalue weighted by atomic mass is 9.95. The molecule has 3 N–H and O–H groups in total. The predicted octanol–water partition coefficient (Wildman–Crippen LogP) is 0.554. The average Bonchev–Trinajstić information content (AvgIpc) is 2.87. The summed E-state index contributed by atoms with van der Waals surface area (Å²) in [5.74, 6) is -0.235. The Kier molecular flexibility index (Phi) is 6.05. The summed E-state index contributed by atoms with van der Waals surface area (Å²) in [6.07, 6.45) is 10.4. The molecule has 1 saturated heterocycles. The molecule has 0 aliphatic carbocycles. The van der Waals surface area contributed by atoms with Crippen LogP contribution in [0.4, 0.5) is 0 Å². The number of pyridine rings is 2. The van der Waals surface area contributed by atoms with Crippen LogP contribution >= 0.6 is 11.8 Å². The van der Waals surface area contributed by atoms with E-state index in [0.29, 0.717) is 13.1 Å². The zero-order valence-corrected chi connectivity index (χ0v) is 19.9. The number of nitrogens with zero attached hydrogens (tertiary/aromatic N) is 3. The number of hydrogen-bond acceptors (Lipinski definition) is 7. The summed E-state index contributed by atoms with van der Waals surface area (Å²) < 4.78 is 0. The van der Waals surface area contributed by atoms with E-state index in [2.05, 4.69) is 32.3 Å². The van der Waals surface area contributed by atoms with Crippen molar-refractivity contribution in [2.24, 2.45) is 0 Å². The van der Waals surface area contributed by atoms with Crippen LogP contribution in [0.2, 0.25) is 0 Å². The molecule has 9 heteroatoms. The third-order valence-electron chi connectivity index (χ3n) is 6.47. The molecule has 0 saturated carbocycles. The maximum absolute atomic E-state index is 12.3. The van der Waals surface area contributed by atoms with Crippen LogP contribution in [0.15, 0.2) is 58.1 Å². The standard InChI is InChI=1S/C25H27N5O3S/c1-15(31)25(33)29-11-9-18(10-12-29)30-20(16-4-8-22(34-2)27-13-16)6-5-19-24(30)23-17(14-26-19)3-7-21(32)28-23/h3-8,13-15,18,26,31H,9-12H2,1-2H3,(H,28,32)/t15-/m1/s1. The molecule has 0 bridgehead atoms. The Balaban J connectivity index is 1.60. The first-order chi connectivity index (χ1) is 16.5. The highest BCUT2D eigenvalue weighted by molar-refractivity contribution is 7.98. The second kappa shape index (κ2) is 9.15. The smallest absolute Gasteiger partial charge is 0.251 e. The Bertz CT molecular complexity index is 1350. The number of aromatic amines is 1. The minimum Gasteiger partial charge on any atom is -0.384 e. The fraction of sp³-hybridized carbons (Fsp3) is 0.320. The number of fused-ring (bicyclic) bond motifs is 2. The van der Waals surface area contributed by atoms with E-state index in [9.17, 15) is 14.7 Å². The van der Waals surface area contributed by atoms with E-state index in [0.717, 1.165) is 51.1 Å². The number of amides is 1. The van der Waals surface area contributed by atoms with Gasteiger partial charge >= 0.3 is 0 Å². The van der Waals surface area contributed by atoms with Crippen LogP contribution in [0.5, 0.6) is 0 Å². The maximum atomic E-state index is 12.3. The van der Waals surface area contributed by atoms with Crippen LogP contribution in [0.25, 0.3) is 17.6 Å². The first kappa shape index (κ1) is 22.5. The lowest BCUT2D eigenvalue weighted by molar-refractivity contribution is -0.140. The van der Waals surface area contributed by atoms with Gasteiger partial charge in [0, 0.05) is 48.4 Å². The number of aliphatic hydroxyl groups excluding tert-OH is 1. The van der Waals surface area contributed by atoms with E-state index >= 15 is 0 Å². The number of carbonyl (C=O) groups is 1. The van der Waals surface area contributed by atoms with Crippen molar-refractivity contribution in [3.63, 3.8) is 0 Å². The first-order valence-corrected chi connectivity index (χ1v) is 12.6. The molecule has 3 aliphatic heterocycles. The Hall–Kier alpha value is -3.30. The minimum absolute atomic E-state index is 0.0969. The van der Waals surface area contributed by atoms with Crippen LogP contribution in [0, 0.1) is 0 Å². The molecule has 1 fully saturated rings. The second-order valence-electron chi connectivity index (χ2n) is 8.61. The summed E-state index contributed by atoms with van der Waals surface area (Å²) in [4.78, 5) is 36.2. The van der Waals surface area contributed by atoms with Gasteiger partial charge in [-0.1, -0.05) is 0 Å². The third kappa shape index (κ3) is 4.05. The fourth-order valence-electron chi connectivity index (χ4n) is 4.78. The van der Waals surface area contributed by atoms with Gasteiger partial charge in [-0.05, 0) is 56.4 Å². The molecule has 2 aromatic rings. The van der Waals surface area contributed by atoms with Crippen LogP contribution in [-0.4, -0.2) is 62.3 Å². The molecule has 176 valence electrons. The van der Waals surface area contributed by atoms with Gasteiger partial charge in [-0.2, -0.15) is 0 Å².